The maximum Gasteiger partial charge on any atom is 0.162 e. The Morgan fingerprint density at radius 1 is 1.11 bits per heavy atom. The van der Waals surface area contributed by atoms with E-state index < -0.39 is 0 Å². The maximum absolute atomic E-state index is 12.6. The number of ether oxygens (including phenoxy) is 1. The summed E-state index contributed by atoms with van der Waals surface area (Å²) in [5.74, 6) is 1.06. The molecule has 2 bridgehead atoms. The van der Waals surface area contributed by atoms with Crippen LogP contribution in [-0.2, 0) is 9.53 Å². The SMILES string of the molecule is CC(C(=O)C=CC1C2CCC(O2)C1CCCCCCCO)c1ccccc1. The van der Waals surface area contributed by atoms with E-state index in [0.717, 1.165) is 24.8 Å². The van der Waals surface area contributed by atoms with Crippen molar-refractivity contribution in [2.75, 3.05) is 6.61 Å². The zero-order chi connectivity index (χ0) is 19.1. The second kappa shape index (κ2) is 10.2. The van der Waals surface area contributed by atoms with Crippen molar-refractivity contribution in [3.63, 3.8) is 0 Å². The fraction of sp³-hybridized carbons (Fsp3) is 0.625. The smallest absolute Gasteiger partial charge is 0.162 e. The predicted octanol–water partition coefficient (Wildman–Crippen LogP) is 5.04. The minimum atomic E-state index is -0.0908. The standard InChI is InChI=1S/C24H34O3/c1-18(19-10-6-5-7-11-19)22(26)14-13-21-20(23-15-16-24(21)27-23)12-8-3-2-4-9-17-25/h5-7,10-11,13-14,18,20-21,23-25H,2-4,8-9,12,15-17H2,1H3. The molecule has 27 heavy (non-hydrogen) atoms. The molecule has 0 spiro atoms. The summed E-state index contributed by atoms with van der Waals surface area (Å²) >= 11 is 0. The van der Waals surface area contributed by atoms with Crippen LogP contribution in [0.1, 0.15) is 69.8 Å². The van der Waals surface area contributed by atoms with Crippen LogP contribution >= 0.6 is 0 Å². The van der Waals surface area contributed by atoms with Crippen molar-refractivity contribution in [2.45, 2.75) is 76.4 Å². The van der Waals surface area contributed by atoms with E-state index in [9.17, 15) is 4.79 Å². The monoisotopic (exact) mass is 370 g/mol. The molecule has 5 unspecified atom stereocenters. The molecule has 2 aliphatic heterocycles. The Morgan fingerprint density at radius 2 is 1.81 bits per heavy atom. The fourth-order valence-corrected chi connectivity index (χ4v) is 4.73. The molecule has 0 aromatic heterocycles. The summed E-state index contributed by atoms with van der Waals surface area (Å²) in [6, 6.07) is 10.0. The number of aliphatic hydroxyl groups is 1. The first-order valence-corrected chi connectivity index (χ1v) is 10.7. The first kappa shape index (κ1) is 20.3. The molecule has 0 radical (unpaired) electrons. The van der Waals surface area contributed by atoms with Gasteiger partial charge in [-0.2, -0.15) is 0 Å². The summed E-state index contributed by atoms with van der Waals surface area (Å²) in [6.45, 7) is 2.30. The average Bonchev–Trinajstić information content (AvgIpc) is 3.30. The summed E-state index contributed by atoms with van der Waals surface area (Å²) in [4.78, 5) is 12.6. The zero-order valence-corrected chi connectivity index (χ0v) is 16.6. The van der Waals surface area contributed by atoms with Crippen LogP contribution in [0.3, 0.4) is 0 Å². The number of allylic oxidation sites excluding steroid dienone is 1. The van der Waals surface area contributed by atoms with Crippen LogP contribution in [0.2, 0.25) is 0 Å². The summed E-state index contributed by atoms with van der Waals surface area (Å²) in [6.07, 6.45) is 13.9. The molecule has 1 N–H and O–H groups in total. The van der Waals surface area contributed by atoms with Gasteiger partial charge in [-0.3, -0.25) is 4.79 Å². The van der Waals surface area contributed by atoms with Gasteiger partial charge in [-0.1, -0.05) is 69.0 Å². The van der Waals surface area contributed by atoms with Crippen molar-refractivity contribution in [3.05, 3.63) is 48.0 Å². The topological polar surface area (TPSA) is 46.5 Å². The van der Waals surface area contributed by atoms with Crippen molar-refractivity contribution in [2.24, 2.45) is 11.8 Å². The van der Waals surface area contributed by atoms with Gasteiger partial charge in [0.25, 0.3) is 0 Å². The van der Waals surface area contributed by atoms with Crippen LogP contribution in [0.15, 0.2) is 42.5 Å². The van der Waals surface area contributed by atoms with E-state index in [2.05, 4.69) is 6.08 Å². The molecule has 3 heteroatoms. The number of carbonyl (C=O) groups excluding carboxylic acids is 1. The Kier molecular flexibility index (Phi) is 7.66. The molecule has 2 fully saturated rings. The van der Waals surface area contributed by atoms with Gasteiger partial charge in [-0.05, 0) is 43.2 Å². The predicted molar refractivity (Wildman–Crippen MR) is 109 cm³/mol. The molecule has 2 heterocycles. The molecule has 2 aliphatic rings. The Labute approximate surface area is 163 Å². The molecule has 5 atom stereocenters. The highest BCUT2D eigenvalue weighted by atomic mass is 16.5. The molecule has 1 aromatic rings. The van der Waals surface area contributed by atoms with E-state index in [1.54, 1.807) is 0 Å². The summed E-state index contributed by atoms with van der Waals surface area (Å²) in [5, 5.41) is 8.87. The number of hydrogen-bond acceptors (Lipinski definition) is 3. The second-order valence-corrected chi connectivity index (χ2v) is 8.21. The third kappa shape index (κ3) is 5.30. The van der Waals surface area contributed by atoms with E-state index in [1.165, 1.54) is 32.1 Å². The number of ketones is 1. The van der Waals surface area contributed by atoms with E-state index in [4.69, 9.17) is 9.84 Å². The lowest BCUT2D eigenvalue weighted by Crippen LogP contribution is -2.26. The van der Waals surface area contributed by atoms with Gasteiger partial charge in [0.2, 0.25) is 0 Å². The molecule has 0 saturated carbocycles. The number of aliphatic hydroxyl groups excluding tert-OH is 1. The van der Waals surface area contributed by atoms with Crippen LogP contribution in [0.5, 0.6) is 0 Å². The van der Waals surface area contributed by atoms with Gasteiger partial charge < -0.3 is 9.84 Å². The molecule has 1 aromatic carbocycles. The third-order valence-electron chi connectivity index (χ3n) is 6.39. The molecule has 2 saturated heterocycles. The fourth-order valence-electron chi connectivity index (χ4n) is 4.73. The number of benzene rings is 1. The highest BCUT2D eigenvalue weighted by Gasteiger charge is 2.47. The van der Waals surface area contributed by atoms with Crippen LogP contribution in [0.25, 0.3) is 0 Å². The number of rotatable bonds is 11. The first-order valence-electron chi connectivity index (χ1n) is 10.7. The largest absolute Gasteiger partial charge is 0.396 e. The highest BCUT2D eigenvalue weighted by molar-refractivity contribution is 5.95. The van der Waals surface area contributed by atoms with Crippen molar-refractivity contribution >= 4 is 5.78 Å². The summed E-state index contributed by atoms with van der Waals surface area (Å²) in [5.41, 5.74) is 1.08. The van der Waals surface area contributed by atoms with Gasteiger partial charge in [-0.25, -0.2) is 0 Å². The Bertz CT molecular complexity index is 609. The van der Waals surface area contributed by atoms with Gasteiger partial charge in [-0.15, -0.1) is 0 Å². The number of hydrogen-bond donors (Lipinski definition) is 1. The van der Waals surface area contributed by atoms with E-state index in [-0.39, 0.29) is 11.7 Å². The van der Waals surface area contributed by atoms with Crippen molar-refractivity contribution in [1.29, 1.82) is 0 Å². The third-order valence-corrected chi connectivity index (χ3v) is 6.39. The molecule has 148 valence electrons. The van der Waals surface area contributed by atoms with Gasteiger partial charge in [0.05, 0.1) is 12.2 Å². The first-order chi connectivity index (χ1) is 13.2. The minimum absolute atomic E-state index is 0.0908. The zero-order valence-electron chi connectivity index (χ0n) is 16.6. The minimum Gasteiger partial charge on any atom is -0.396 e. The number of carbonyl (C=O) groups is 1. The van der Waals surface area contributed by atoms with Gasteiger partial charge in [0.15, 0.2) is 5.78 Å². The van der Waals surface area contributed by atoms with Crippen molar-refractivity contribution in [1.82, 2.24) is 0 Å². The van der Waals surface area contributed by atoms with Gasteiger partial charge in [0, 0.05) is 18.4 Å². The number of fused-ring (bicyclic) bond motifs is 2. The van der Waals surface area contributed by atoms with Crippen LogP contribution < -0.4 is 0 Å². The Hall–Kier alpha value is -1.45. The van der Waals surface area contributed by atoms with E-state index >= 15 is 0 Å². The molecule has 0 aliphatic carbocycles. The summed E-state index contributed by atoms with van der Waals surface area (Å²) < 4.78 is 6.17. The lowest BCUT2D eigenvalue weighted by Gasteiger charge is -2.25. The normalized spacial score (nSPS) is 28.1. The van der Waals surface area contributed by atoms with E-state index in [0.29, 0.717) is 30.7 Å². The lowest BCUT2D eigenvalue weighted by molar-refractivity contribution is -0.115. The molecule has 0 amide bonds. The lowest BCUT2D eigenvalue weighted by atomic mass is 9.76. The molecule has 3 rings (SSSR count). The maximum atomic E-state index is 12.6. The second-order valence-electron chi connectivity index (χ2n) is 8.21. The highest BCUT2D eigenvalue weighted by Crippen LogP contribution is 2.46. The summed E-state index contributed by atoms with van der Waals surface area (Å²) in [7, 11) is 0. The molecular formula is C24H34O3. The van der Waals surface area contributed by atoms with Crippen molar-refractivity contribution in [3.8, 4) is 0 Å². The molecule has 3 nitrogen and oxygen atoms in total. The van der Waals surface area contributed by atoms with Crippen LogP contribution in [0, 0.1) is 11.8 Å². The Morgan fingerprint density at radius 3 is 2.59 bits per heavy atom. The van der Waals surface area contributed by atoms with Gasteiger partial charge >= 0.3 is 0 Å². The van der Waals surface area contributed by atoms with Crippen LogP contribution in [0.4, 0.5) is 0 Å². The van der Waals surface area contributed by atoms with Gasteiger partial charge in [0.1, 0.15) is 0 Å². The Balaban J connectivity index is 1.52. The molecular weight excluding hydrogens is 336 g/mol. The van der Waals surface area contributed by atoms with E-state index in [1.807, 2.05) is 43.3 Å². The van der Waals surface area contributed by atoms with Crippen molar-refractivity contribution < 1.29 is 14.6 Å². The number of unbranched alkanes of at least 4 members (excludes halogenated alkanes) is 4. The quantitative estimate of drug-likeness (QED) is 0.438. The average molecular weight is 371 g/mol. The van der Waals surface area contributed by atoms with Crippen LogP contribution in [-0.4, -0.2) is 29.7 Å².